The highest BCUT2D eigenvalue weighted by molar-refractivity contribution is 6.73. The molecule has 0 fully saturated rings. The highest BCUT2D eigenvalue weighted by atomic mass is 28.3. The van der Waals surface area contributed by atoms with E-state index >= 15 is 0 Å². The minimum atomic E-state index is -1.10. The summed E-state index contributed by atoms with van der Waals surface area (Å²) in [7, 11) is -1.10. The predicted molar refractivity (Wildman–Crippen MR) is 62.4 cm³/mol. The molecule has 2 heteroatoms. The predicted octanol–water partition coefficient (Wildman–Crippen LogP) is 2.93. The second kappa shape index (κ2) is 3.80. The Morgan fingerprint density at radius 2 is 2.00 bits per heavy atom. The fourth-order valence-corrected chi connectivity index (χ4v) is 2.30. The SMILES string of the molecule is CC1(CN[Si](C)(C)C)C=CC=CC1. The molecule has 0 saturated carbocycles. The third kappa shape index (κ3) is 3.92. The molecule has 1 N–H and O–H groups in total. The van der Waals surface area contributed by atoms with Gasteiger partial charge in [0.2, 0.25) is 0 Å². The zero-order valence-corrected chi connectivity index (χ0v) is 10.2. The van der Waals surface area contributed by atoms with Crippen LogP contribution in [-0.4, -0.2) is 14.8 Å². The van der Waals surface area contributed by atoms with Crippen molar-refractivity contribution in [3.05, 3.63) is 24.3 Å². The maximum atomic E-state index is 3.69. The quantitative estimate of drug-likeness (QED) is 0.683. The molecule has 0 aromatic rings. The van der Waals surface area contributed by atoms with E-state index < -0.39 is 8.24 Å². The molecule has 1 aliphatic carbocycles. The van der Waals surface area contributed by atoms with Gasteiger partial charge in [-0.05, 0) is 13.0 Å². The molecule has 0 heterocycles. The number of hydrogen-bond acceptors (Lipinski definition) is 1. The summed E-state index contributed by atoms with van der Waals surface area (Å²) < 4.78 is 0. The lowest BCUT2D eigenvalue weighted by Crippen LogP contribution is -2.46. The molecule has 1 rings (SSSR count). The Morgan fingerprint density at radius 1 is 1.31 bits per heavy atom. The van der Waals surface area contributed by atoms with E-state index in [1.807, 2.05) is 0 Å². The molecule has 0 bridgehead atoms. The van der Waals surface area contributed by atoms with Crippen molar-refractivity contribution in [3.8, 4) is 0 Å². The average molecular weight is 195 g/mol. The zero-order valence-electron chi connectivity index (χ0n) is 9.22. The molecule has 0 aliphatic heterocycles. The van der Waals surface area contributed by atoms with Gasteiger partial charge in [-0.1, -0.05) is 50.9 Å². The molecule has 74 valence electrons. The number of rotatable bonds is 3. The van der Waals surface area contributed by atoms with Gasteiger partial charge in [0.15, 0.2) is 0 Å². The highest BCUT2D eigenvalue weighted by Gasteiger charge is 2.23. The van der Waals surface area contributed by atoms with Gasteiger partial charge in [-0.25, -0.2) is 0 Å². The summed E-state index contributed by atoms with van der Waals surface area (Å²) in [5.74, 6) is 0. The molecule has 13 heavy (non-hydrogen) atoms. The van der Waals surface area contributed by atoms with E-state index in [9.17, 15) is 0 Å². The van der Waals surface area contributed by atoms with Crippen LogP contribution in [-0.2, 0) is 0 Å². The van der Waals surface area contributed by atoms with Gasteiger partial charge in [0.25, 0.3) is 0 Å². The van der Waals surface area contributed by atoms with Crippen LogP contribution in [0.15, 0.2) is 24.3 Å². The van der Waals surface area contributed by atoms with Crippen molar-refractivity contribution < 1.29 is 0 Å². The van der Waals surface area contributed by atoms with Crippen LogP contribution in [0, 0.1) is 5.41 Å². The first-order chi connectivity index (χ1) is 5.91. The summed E-state index contributed by atoms with van der Waals surface area (Å²) >= 11 is 0. The second-order valence-corrected chi connectivity index (χ2v) is 10.1. The van der Waals surface area contributed by atoms with Gasteiger partial charge in [0, 0.05) is 5.41 Å². The molecule has 1 unspecified atom stereocenters. The monoisotopic (exact) mass is 195 g/mol. The third-order valence-corrected chi connectivity index (χ3v) is 3.59. The Balaban J connectivity index is 2.44. The van der Waals surface area contributed by atoms with Crippen LogP contribution >= 0.6 is 0 Å². The van der Waals surface area contributed by atoms with E-state index in [1.54, 1.807) is 0 Å². The van der Waals surface area contributed by atoms with Crippen molar-refractivity contribution in [2.45, 2.75) is 33.0 Å². The molecule has 0 saturated heterocycles. The lowest BCUT2D eigenvalue weighted by Gasteiger charge is -2.30. The first-order valence-electron chi connectivity index (χ1n) is 5.01. The summed E-state index contributed by atoms with van der Waals surface area (Å²) in [4.78, 5) is 3.69. The average Bonchev–Trinajstić information content (AvgIpc) is 2.02. The van der Waals surface area contributed by atoms with E-state index in [4.69, 9.17) is 0 Å². The van der Waals surface area contributed by atoms with E-state index in [-0.39, 0.29) is 0 Å². The van der Waals surface area contributed by atoms with Gasteiger partial charge in [0.1, 0.15) is 8.24 Å². The minimum absolute atomic E-state index is 0.342. The summed E-state index contributed by atoms with van der Waals surface area (Å²) in [6.07, 6.45) is 10.0. The minimum Gasteiger partial charge on any atom is -0.337 e. The van der Waals surface area contributed by atoms with Gasteiger partial charge in [-0.3, -0.25) is 0 Å². The lowest BCUT2D eigenvalue weighted by atomic mass is 9.84. The Bertz CT molecular complexity index is 225. The molecule has 0 aromatic carbocycles. The second-order valence-electron chi connectivity index (χ2n) is 5.25. The smallest absolute Gasteiger partial charge is 0.116 e. The summed E-state index contributed by atoms with van der Waals surface area (Å²) in [6.45, 7) is 10.5. The molecule has 1 nitrogen and oxygen atoms in total. The summed E-state index contributed by atoms with van der Waals surface area (Å²) in [6, 6.07) is 0. The maximum Gasteiger partial charge on any atom is 0.116 e. The van der Waals surface area contributed by atoms with Crippen molar-refractivity contribution >= 4 is 8.24 Å². The molecule has 1 atom stereocenters. The molecule has 0 aromatic heterocycles. The van der Waals surface area contributed by atoms with Crippen molar-refractivity contribution in [3.63, 3.8) is 0 Å². The third-order valence-electron chi connectivity index (χ3n) is 2.35. The van der Waals surface area contributed by atoms with Crippen LogP contribution in [0.3, 0.4) is 0 Å². The first kappa shape index (κ1) is 10.7. The van der Waals surface area contributed by atoms with Crippen LogP contribution in [0.4, 0.5) is 0 Å². The van der Waals surface area contributed by atoms with Gasteiger partial charge >= 0.3 is 0 Å². The molecule has 1 aliphatic rings. The number of nitrogens with one attached hydrogen (secondary N) is 1. The van der Waals surface area contributed by atoms with Gasteiger partial charge in [0.05, 0.1) is 0 Å². The highest BCUT2D eigenvalue weighted by Crippen LogP contribution is 2.26. The zero-order chi connectivity index (χ0) is 9.95. The van der Waals surface area contributed by atoms with Crippen LogP contribution in [0.5, 0.6) is 0 Å². The molecular weight excluding hydrogens is 174 g/mol. The van der Waals surface area contributed by atoms with Crippen molar-refractivity contribution in [2.75, 3.05) is 6.54 Å². The Hall–Kier alpha value is -0.343. The van der Waals surface area contributed by atoms with Crippen molar-refractivity contribution in [2.24, 2.45) is 5.41 Å². The fraction of sp³-hybridized carbons (Fsp3) is 0.636. The van der Waals surface area contributed by atoms with Crippen LogP contribution < -0.4 is 4.98 Å². The Labute approximate surface area is 83.0 Å². The topological polar surface area (TPSA) is 12.0 Å². The number of hydrogen-bond donors (Lipinski definition) is 1. The summed E-state index contributed by atoms with van der Waals surface area (Å²) in [5, 5.41) is 0. The maximum absolute atomic E-state index is 3.69. The van der Waals surface area contributed by atoms with Crippen LogP contribution in [0.25, 0.3) is 0 Å². The Kier molecular flexibility index (Phi) is 3.14. The molecule has 0 spiro atoms. The standard InChI is InChI=1S/C11H21NSi/c1-11(8-6-5-7-9-11)10-12-13(2,3)4/h5-8,12H,9-10H2,1-4H3. The van der Waals surface area contributed by atoms with Crippen LogP contribution in [0.2, 0.25) is 19.6 Å². The normalized spacial score (nSPS) is 28.0. The lowest BCUT2D eigenvalue weighted by molar-refractivity contribution is 0.424. The van der Waals surface area contributed by atoms with E-state index in [1.165, 1.54) is 6.42 Å². The Morgan fingerprint density at radius 3 is 2.46 bits per heavy atom. The summed E-state index contributed by atoms with van der Waals surface area (Å²) in [5.41, 5.74) is 0.342. The van der Waals surface area contributed by atoms with Crippen molar-refractivity contribution in [1.29, 1.82) is 0 Å². The largest absolute Gasteiger partial charge is 0.337 e. The fourth-order valence-electron chi connectivity index (χ4n) is 1.37. The van der Waals surface area contributed by atoms with Gasteiger partial charge in [-0.2, -0.15) is 0 Å². The van der Waals surface area contributed by atoms with E-state index in [0.29, 0.717) is 5.41 Å². The first-order valence-corrected chi connectivity index (χ1v) is 8.51. The molecule has 0 amide bonds. The molecular formula is C11H21NSi. The van der Waals surface area contributed by atoms with Crippen LogP contribution in [0.1, 0.15) is 13.3 Å². The van der Waals surface area contributed by atoms with Gasteiger partial charge < -0.3 is 4.98 Å². The number of allylic oxidation sites excluding steroid dienone is 3. The molecule has 0 radical (unpaired) electrons. The van der Waals surface area contributed by atoms with E-state index in [2.05, 4.69) is 55.9 Å². The van der Waals surface area contributed by atoms with E-state index in [0.717, 1.165) is 6.54 Å². The van der Waals surface area contributed by atoms with Crippen molar-refractivity contribution in [1.82, 2.24) is 4.98 Å². The van der Waals surface area contributed by atoms with Gasteiger partial charge in [-0.15, -0.1) is 0 Å².